The number of hydrogen-bond acceptors (Lipinski definition) is 2. The van der Waals surface area contributed by atoms with Crippen molar-refractivity contribution < 1.29 is 14.0 Å². The SMILES string of the molecule is CC(C)NC(=O)Nc1ccc(C(=O)N2CC3(CCCC3)c3c(F)cccc32)cc1. The fraction of sp³-hybridized carbons (Fsp3) is 0.391. The maximum Gasteiger partial charge on any atom is 0.319 e. The Hall–Kier alpha value is -2.89. The topological polar surface area (TPSA) is 61.4 Å². The van der Waals surface area contributed by atoms with E-state index in [9.17, 15) is 14.0 Å². The van der Waals surface area contributed by atoms with Gasteiger partial charge in [-0.3, -0.25) is 4.79 Å². The van der Waals surface area contributed by atoms with Crippen LogP contribution in [0.15, 0.2) is 42.5 Å². The van der Waals surface area contributed by atoms with Crippen LogP contribution in [-0.2, 0) is 5.41 Å². The Bertz CT molecular complexity index is 934. The molecular formula is C23H26FN3O2. The van der Waals surface area contributed by atoms with Crippen LogP contribution in [-0.4, -0.2) is 24.5 Å². The number of carbonyl (C=O) groups excluding carboxylic acids is 2. The molecule has 1 aliphatic heterocycles. The summed E-state index contributed by atoms with van der Waals surface area (Å²) in [4.78, 5) is 26.8. The summed E-state index contributed by atoms with van der Waals surface area (Å²) in [7, 11) is 0. The van der Waals surface area contributed by atoms with Crippen LogP contribution in [0.5, 0.6) is 0 Å². The van der Waals surface area contributed by atoms with Gasteiger partial charge in [0.2, 0.25) is 0 Å². The molecule has 1 aliphatic carbocycles. The molecule has 1 fully saturated rings. The van der Waals surface area contributed by atoms with Gasteiger partial charge < -0.3 is 15.5 Å². The molecule has 3 amide bonds. The molecular weight excluding hydrogens is 369 g/mol. The summed E-state index contributed by atoms with van der Waals surface area (Å²) in [6.07, 6.45) is 3.96. The standard InChI is InChI=1S/C23H26FN3O2/c1-15(2)25-22(29)26-17-10-8-16(9-11-17)21(28)27-14-23(12-3-4-13-23)20-18(24)6-5-7-19(20)27/h5-11,15H,3-4,12-14H2,1-2H3,(H2,25,26,29). The zero-order valence-electron chi connectivity index (χ0n) is 16.8. The van der Waals surface area contributed by atoms with Gasteiger partial charge in [0.25, 0.3) is 5.91 Å². The molecule has 5 nitrogen and oxygen atoms in total. The first-order valence-corrected chi connectivity index (χ1v) is 10.2. The molecule has 2 aromatic carbocycles. The number of nitrogens with zero attached hydrogens (tertiary/aromatic N) is 1. The molecule has 0 unspecified atom stereocenters. The highest BCUT2D eigenvalue weighted by Crippen LogP contribution is 2.51. The minimum absolute atomic E-state index is 0.0365. The molecule has 1 spiro atoms. The van der Waals surface area contributed by atoms with Crippen LogP contribution in [0.25, 0.3) is 0 Å². The molecule has 2 aliphatic rings. The van der Waals surface area contributed by atoms with Crippen LogP contribution in [0.1, 0.15) is 55.5 Å². The number of anilines is 2. The first-order chi connectivity index (χ1) is 13.9. The average molecular weight is 395 g/mol. The van der Waals surface area contributed by atoms with E-state index in [4.69, 9.17) is 0 Å². The van der Waals surface area contributed by atoms with E-state index in [2.05, 4.69) is 10.6 Å². The maximum atomic E-state index is 14.7. The van der Waals surface area contributed by atoms with Gasteiger partial charge in [-0.25, -0.2) is 9.18 Å². The van der Waals surface area contributed by atoms with Crippen LogP contribution >= 0.6 is 0 Å². The predicted molar refractivity (Wildman–Crippen MR) is 112 cm³/mol. The highest BCUT2D eigenvalue weighted by atomic mass is 19.1. The molecule has 1 saturated carbocycles. The summed E-state index contributed by atoms with van der Waals surface area (Å²) in [5.74, 6) is -0.353. The fourth-order valence-corrected chi connectivity index (χ4v) is 4.65. The van der Waals surface area contributed by atoms with E-state index >= 15 is 0 Å². The van der Waals surface area contributed by atoms with E-state index in [1.165, 1.54) is 6.07 Å². The number of nitrogens with one attached hydrogen (secondary N) is 2. The largest absolute Gasteiger partial charge is 0.336 e. The third-order valence-electron chi connectivity index (χ3n) is 5.89. The number of benzene rings is 2. The van der Waals surface area contributed by atoms with Gasteiger partial charge >= 0.3 is 6.03 Å². The van der Waals surface area contributed by atoms with Crippen LogP contribution in [0.4, 0.5) is 20.6 Å². The fourth-order valence-electron chi connectivity index (χ4n) is 4.65. The molecule has 1 heterocycles. The Labute approximate surface area is 170 Å². The van der Waals surface area contributed by atoms with Crippen molar-refractivity contribution in [3.8, 4) is 0 Å². The van der Waals surface area contributed by atoms with Crippen LogP contribution < -0.4 is 15.5 Å². The minimum atomic E-state index is -0.286. The van der Waals surface area contributed by atoms with E-state index in [0.717, 1.165) is 25.7 Å². The highest BCUT2D eigenvalue weighted by Gasteiger charge is 2.48. The van der Waals surface area contributed by atoms with Gasteiger partial charge in [0, 0.05) is 34.8 Å². The van der Waals surface area contributed by atoms with Crippen molar-refractivity contribution in [2.75, 3.05) is 16.8 Å². The van der Waals surface area contributed by atoms with Gasteiger partial charge in [0.05, 0.1) is 5.69 Å². The van der Waals surface area contributed by atoms with Gasteiger partial charge in [-0.2, -0.15) is 0 Å². The number of halogens is 1. The number of urea groups is 1. The summed E-state index contributed by atoms with van der Waals surface area (Å²) < 4.78 is 14.7. The van der Waals surface area contributed by atoms with Gasteiger partial charge in [-0.15, -0.1) is 0 Å². The van der Waals surface area contributed by atoms with Crippen molar-refractivity contribution in [1.82, 2.24) is 5.32 Å². The maximum absolute atomic E-state index is 14.7. The smallest absolute Gasteiger partial charge is 0.319 e. The van der Waals surface area contributed by atoms with Crippen molar-refractivity contribution >= 4 is 23.3 Å². The van der Waals surface area contributed by atoms with E-state index in [-0.39, 0.29) is 29.2 Å². The zero-order chi connectivity index (χ0) is 20.6. The third-order valence-corrected chi connectivity index (χ3v) is 5.89. The normalized spacial score (nSPS) is 16.9. The molecule has 0 bridgehead atoms. The van der Waals surface area contributed by atoms with Crippen LogP contribution in [0, 0.1) is 5.82 Å². The second-order valence-electron chi connectivity index (χ2n) is 8.34. The summed E-state index contributed by atoms with van der Waals surface area (Å²) in [6, 6.07) is 11.6. The number of rotatable bonds is 3. The Balaban J connectivity index is 1.56. The lowest BCUT2D eigenvalue weighted by atomic mass is 9.80. The molecule has 6 heteroatoms. The molecule has 2 N–H and O–H groups in total. The summed E-state index contributed by atoms with van der Waals surface area (Å²) in [6.45, 7) is 4.29. The average Bonchev–Trinajstić information content (AvgIpc) is 3.27. The van der Waals surface area contributed by atoms with Gasteiger partial charge in [-0.05, 0) is 63.1 Å². The number of hydrogen-bond donors (Lipinski definition) is 2. The highest BCUT2D eigenvalue weighted by molar-refractivity contribution is 6.08. The van der Waals surface area contributed by atoms with E-state index in [1.807, 2.05) is 19.9 Å². The van der Waals surface area contributed by atoms with Gasteiger partial charge in [0.1, 0.15) is 5.82 Å². The Morgan fingerprint density at radius 3 is 2.41 bits per heavy atom. The Morgan fingerprint density at radius 2 is 1.76 bits per heavy atom. The number of carbonyl (C=O) groups is 2. The lowest BCUT2D eigenvalue weighted by molar-refractivity contribution is 0.0985. The Kier molecular flexibility index (Phi) is 5.03. The summed E-state index contributed by atoms with van der Waals surface area (Å²) in [5, 5.41) is 5.50. The summed E-state index contributed by atoms with van der Waals surface area (Å²) >= 11 is 0. The van der Waals surface area contributed by atoms with E-state index < -0.39 is 0 Å². The van der Waals surface area contributed by atoms with Crippen molar-refractivity contribution in [2.24, 2.45) is 0 Å². The minimum Gasteiger partial charge on any atom is -0.336 e. The third kappa shape index (κ3) is 3.59. The number of fused-ring (bicyclic) bond motifs is 2. The second kappa shape index (κ2) is 7.50. The van der Waals surface area contributed by atoms with Gasteiger partial charge in [-0.1, -0.05) is 18.9 Å². The molecule has 0 radical (unpaired) electrons. The van der Waals surface area contributed by atoms with Crippen LogP contribution in [0.2, 0.25) is 0 Å². The lowest BCUT2D eigenvalue weighted by Gasteiger charge is -2.25. The molecule has 29 heavy (non-hydrogen) atoms. The summed E-state index contributed by atoms with van der Waals surface area (Å²) in [5.41, 5.74) is 2.27. The molecule has 4 rings (SSSR count). The molecule has 0 aromatic heterocycles. The number of amides is 3. The van der Waals surface area contributed by atoms with Crippen LogP contribution in [0.3, 0.4) is 0 Å². The lowest BCUT2D eigenvalue weighted by Crippen LogP contribution is -2.35. The van der Waals surface area contributed by atoms with E-state index in [1.54, 1.807) is 35.2 Å². The van der Waals surface area contributed by atoms with Crippen molar-refractivity contribution in [3.05, 3.63) is 59.4 Å². The first-order valence-electron chi connectivity index (χ1n) is 10.2. The van der Waals surface area contributed by atoms with Crippen molar-refractivity contribution in [2.45, 2.75) is 51.0 Å². The molecule has 152 valence electrons. The van der Waals surface area contributed by atoms with Crippen molar-refractivity contribution in [3.63, 3.8) is 0 Å². The molecule has 0 saturated heterocycles. The Morgan fingerprint density at radius 1 is 1.07 bits per heavy atom. The monoisotopic (exact) mass is 395 g/mol. The van der Waals surface area contributed by atoms with Gasteiger partial charge in [0.15, 0.2) is 0 Å². The molecule has 2 aromatic rings. The van der Waals surface area contributed by atoms with Crippen molar-refractivity contribution in [1.29, 1.82) is 0 Å². The van der Waals surface area contributed by atoms with E-state index in [0.29, 0.717) is 29.0 Å². The zero-order valence-corrected chi connectivity index (χ0v) is 16.8. The second-order valence-corrected chi connectivity index (χ2v) is 8.34. The quantitative estimate of drug-likeness (QED) is 0.782. The first kappa shape index (κ1) is 19.4. The predicted octanol–water partition coefficient (Wildman–Crippen LogP) is 4.83. The molecule has 0 atom stereocenters.